The largest absolute Gasteiger partial charge is 0.383 e. The molecule has 2 atom stereocenters. The Kier molecular flexibility index (Phi) is 8.15. The van der Waals surface area contributed by atoms with E-state index >= 15 is 0 Å². The van der Waals surface area contributed by atoms with Crippen molar-refractivity contribution < 1.29 is 9.53 Å². The maximum atomic E-state index is 12.5. The molecule has 0 radical (unpaired) electrons. The fourth-order valence-electron chi connectivity index (χ4n) is 2.84. The second-order valence-electron chi connectivity index (χ2n) is 6.05. The molecule has 0 bridgehead atoms. The van der Waals surface area contributed by atoms with E-state index in [0.717, 1.165) is 32.4 Å². The lowest BCUT2D eigenvalue weighted by molar-refractivity contribution is -0.134. The zero-order valence-corrected chi connectivity index (χ0v) is 13.4. The molecule has 2 unspecified atom stereocenters. The Bertz CT molecular complexity index is 280. The molecule has 4 heteroatoms. The Balaban J connectivity index is 2.44. The monoisotopic (exact) mass is 284 g/mol. The highest BCUT2D eigenvalue weighted by Crippen LogP contribution is 2.35. The lowest BCUT2D eigenvalue weighted by Gasteiger charge is -2.30. The van der Waals surface area contributed by atoms with Crippen LogP contribution in [-0.4, -0.2) is 43.7 Å². The van der Waals surface area contributed by atoms with Gasteiger partial charge in [-0.1, -0.05) is 13.3 Å². The third kappa shape index (κ3) is 5.80. The van der Waals surface area contributed by atoms with E-state index < -0.39 is 0 Å². The van der Waals surface area contributed by atoms with Gasteiger partial charge in [0.05, 0.1) is 6.61 Å². The standard InChI is InChI=1S/C16H32N2O2/c1-4-14(9-10-17)5-8-16(19)18(11-12-20-3)13(2)15-6-7-15/h13-15H,4-12,17H2,1-3H3. The van der Waals surface area contributed by atoms with Gasteiger partial charge in [0.2, 0.25) is 5.91 Å². The molecule has 118 valence electrons. The summed E-state index contributed by atoms with van der Waals surface area (Å²) in [5, 5.41) is 0. The topological polar surface area (TPSA) is 55.6 Å². The normalized spacial score (nSPS) is 17.8. The third-order valence-corrected chi connectivity index (χ3v) is 4.57. The lowest BCUT2D eigenvalue weighted by Crippen LogP contribution is -2.42. The van der Waals surface area contributed by atoms with Gasteiger partial charge in [0, 0.05) is 26.1 Å². The summed E-state index contributed by atoms with van der Waals surface area (Å²) in [6.45, 7) is 6.44. The third-order valence-electron chi connectivity index (χ3n) is 4.57. The molecule has 0 aromatic carbocycles. The maximum absolute atomic E-state index is 12.5. The average molecular weight is 284 g/mol. The second-order valence-corrected chi connectivity index (χ2v) is 6.05. The summed E-state index contributed by atoms with van der Waals surface area (Å²) in [6.07, 6.45) is 6.29. The molecule has 0 saturated heterocycles. The minimum absolute atomic E-state index is 0.289. The van der Waals surface area contributed by atoms with Crippen LogP contribution >= 0.6 is 0 Å². The van der Waals surface area contributed by atoms with Gasteiger partial charge in [0.25, 0.3) is 0 Å². The number of carbonyl (C=O) groups is 1. The minimum atomic E-state index is 0.289. The first kappa shape index (κ1) is 17.4. The fourth-order valence-corrected chi connectivity index (χ4v) is 2.84. The Morgan fingerprint density at radius 1 is 1.40 bits per heavy atom. The van der Waals surface area contributed by atoms with Gasteiger partial charge in [-0.2, -0.15) is 0 Å². The van der Waals surface area contributed by atoms with Crippen molar-refractivity contribution in [3.63, 3.8) is 0 Å². The van der Waals surface area contributed by atoms with Crippen LogP contribution in [0.5, 0.6) is 0 Å². The van der Waals surface area contributed by atoms with Crippen LogP contribution in [0.4, 0.5) is 0 Å². The average Bonchev–Trinajstić information content (AvgIpc) is 3.28. The SMILES string of the molecule is CCC(CCN)CCC(=O)N(CCOC)C(C)C1CC1. The smallest absolute Gasteiger partial charge is 0.222 e. The number of nitrogens with two attached hydrogens (primary N) is 1. The Morgan fingerprint density at radius 3 is 2.60 bits per heavy atom. The van der Waals surface area contributed by atoms with Gasteiger partial charge in [-0.05, 0) is 51.0 Å². The van der Waals surface area contributed by atoms with Crippen LogP contribution in [0.1, 0.15) is 52.4 Å². The first-order valence-corrected chi connectivity index (χ1v) is 8.12. The molecule has 1 saturated carbocycles. The number of amides is 1. The van der Waals surface area contributed by atoms with E-state index in [-0.39, 0.29) is 5.91 Å². The van der Waals surface area contributed by atoms with Crippen LogP contribution in [0, 0.1) is 11.8 Å². The van der Waals surface area contributed by atoms with E-state index in [2.05, 4.69) is 13.8 Å². The molecule has 0 aromatic rings. The number of rotatable bonds is 11. The number of carbonyl (C=O) groups excluding carboxylic acids is 1. The van der Waals surface area contributed by atoms with Crippen molar-refractivity contribution >= 4 is 5.91 Å². The number of methoxy groups -OCH3 is 1. The molecule has 1 fully saturated rings. The van der Waals surface area contributed by atoms with E-state index in [9.17, 15) is 4.79 Å². The number of hydrogen-bond acceptors (Lipinski definition) is 3. The zero-order chi connectivity index (χ0) is 15.0. The Hall–Kier alpha value is -0.610. The van der Waals surface area contributed by atoms with E-state index in [1.54, 1.807) is 7.11 Å². The molecule has 1 amide bonds. The molecule has 2 N–H and O–H groups in total. The first-order chi connectivity index (χ1) is 9.63. The molecular formula is C16H32N2O2. The van der Waals surface area contributed by atoms with Crippen molar-refractivity contribution in [3.8, 4) is 0 Å². The Morgan fingerprint density at radius 2 is 2.10 bits per heavy atom. The molecule has 20 heavy (non-hydrogen) atoms. The Labute approximate surface area is 124 Å². The molecular weight excluding hydrogens is 252 g/mol. The molecule has 0 spiro atoms. The number of ether oxygens (including phenoxy) is 1. The summed E-state index contributed by atoms with van der Waals surface area (Å²) in [5.41, 5.74) is 5.62. The summed E-state index contributed by atoms with van der Waals surface area (Å²) in [5.74, 6) is 1.59. The van der Waals surface area contributed by atoms with Crippen molar-refractivity contribution in [2.24, 2.45) is 17.6 Å². The number of hydrogen-bond donors (Lipinski definition) is 1. The molecule has 0 aliphatic heterocycles. The molecule has 0 heterocycles. The second kappa shape index (κ2) is 9.35. The highest BCUT2D eigenvalue weighted by molar-refractivity contribution is 5.76. The van der Waals surface area contributed by atoms with Crippen molar-refractivity contribution in [2.75, 3.05) is 26.8 Å². The summed E-state index contributed by atoms with van der Waals surface area (Å²) in [6, 6.07) is 0.368. The van der Waals surface area contributed by atoms with E-state index in [1.165, 1.54) is 12.8 Å². The minimum Gasteiger partial charge on any atom is -0.383 e. The zero-order valence-electron chi connectivity index (χ0n) is 13.4. The highest BCUT2D eigenvalue weighted by Gasteiger charge is 2.33. The molecule has 4 nitrogen and oxygen atoms in total. The molecule has 1 aliphatic rings. The van der Waals surface area contributed by atoms with Gasteiger partial charge >= 0.3 is 0 Å². The lowest BCUT2D eigenvalue weighted by atomic mass is 9.96. The van der Waals surface area contributed by atoms with Gasteiger partial charge in [-0.25, -0.2) is 0 Å². The fraction of sp³-hybridized carbons (Fsp3) is 0.938. The van der Waals surface area contributed by atoms with Gasteiger partial charge in [0.1, 0.15) is 0 Å². The highest BCUT2D eigenvalue weighted by atomic mass is 16.5. The van der Waals surface area contributed by atoms with Crippen molar-refractivity contribution in [3.05, 3.63) is 0 Å². The van der Waals surface area contributed by atoms with E-state index in [4.69, 9.17) is 10.5 Å². The summed E-state index contributed by atoms with van der Waals surface area (Å²) >= 11 is 0. The van der Waals surface area contributed by atoms with Gasteiger partial charge in [-0.3, -0.25) is 4.79 Å². The van der Waals surface area contributed by atoms with Crippen molar-refractivity contribution in [1.82, 2.24) is 4.90 Å². The van der Waals surface area contributed by atoms with Crippen molar-refractivity contribution in [2.45, 2.75) is 58.4 Å². The van der Waals surface area contributed by atoms with Crippen LogP contribution in [0.3, 0.4) is 0 Å². The van der Waals surface area contributed by atoms with Crippen LogP contribution in [0.15, 0.2) is 0 Å². The molecule has 1 aliphatic carbocycles. The summed E-state index contributed by atoms with van der Waals surface area (Å²) < 4.78 is 5.15. The van der Waals surface area contributed by atoms with Crippen LogP contribution < -0.4 is 5.73 Å². The van der Waals surface area contributed by atoms with Crippen LogP contribution in [-0.2, 0) is 9.53 Å². The predicted octanol–water partition coefficient (Wildman–Crippen LogP) is 2.42. The quantitative estimate of drug-likeness (QED) is 0.634. The predicted molar refractivity (Wildman–Crippen MR) is 82.5 cm³/mol. The van der Waals surface area contributed by atoms with E-state index in [1.807, 2.05) is 4.90 Å². The van der Waals surface area contributed by atoms with Crippen molar-refractivity contribution in [1.29, 1.82) is 0 Å². The summed E-state index contributed by atoms with van der Waals surface area (Å²) in [7, 11) is 1.69. The number of nitrogens with zero attached hydrogens (tertiary/aromatic N) is 1. The first-order valence-electron chi connectivity index (χ1n) is 8.12. The van der Waals surface area contributed by atoms with E-state index in [0.29, 0.717) is 30.9 Å². The molecule has 0 aromatic heterocycles. The summed E-state index contributed by atoms with van der Waals surface area (Å²) in [4.78, 5) is 14.5. The maximum Gasteiger partial charge on any atom is 0.222 e. The van der Waals surface area contributed by atoms with Crippen LogP contribution in [0.25, 0.3) is 0 Å². The van der Waals surface area contributed by atoms with Gasteiger partial charge in [0.15, 0.2) is 0 Å². The van der Waals surface area contributed by atoms with Crippen LogP contribution in [0.2, 0.25) is 0 Å². The van der Waals surface area contributed by atoms with Gasteiger partial charge in [-0.15, -0.1) is 0 Å². The van der Waals surface area contributed by atoms with Gasteiger partial charge < -0.3 is 15.4 Å². The molecule has 1 rings (SSSR count).